The fraction of sp³-hybridized carbons (Fsp3) is 0.200. The number of ether oxygens (including phenoxy) is 1. The molecule has 0 fully saturated rings. The molecule has 19 heavy (non-hydrogen) atoms. The van der Waals surface area contributed by atoms with E-state index in [1.54, 1.807) is 7.11 Å². The summed E-state index contributed by atoms with van der Waals surface area (Å²) in [6.07, 6.45) is 0. The molecule has 1 atom stereocenters. The summed E-state index contributed by atoms with van der Waals surface area (Å²) in [7, 11) is 1.60. The van der Waals surface area contributed by atoms with Gasteiger partial charge in [0.15, 0.2) is 0 Å². The largest absolute Gasteiger partial charge is 0.497 e. The van der Waals surface area contributed by atoms with E-state index in [1.807, 2.05) is 31.2 Å². The van der Waals surface area contributed by atoms with Crippen LogP contribution in [0.25, 0.3) is 0 Å². The summed E-state index contributed by atoms with van der Waals surface area (Å²) in [5.41, 5.74) is 1.42. The Morgan fingerprint density at radius 3 is 2.11 bits per heavy atom. The maximum atomic E-state index is 13.1. The number of hydrogen-bond donors (Lipinski definition) is 1. The highest BCUT2D eigenvalue weighted by atomic mass is 19.1. The summed E-state index contributed by atoms with van der Waals surface area (Å²) in [5.74, 6) is -0.415. The van der Waals surface area contributed by atoms with Gasteiger partial charge in [0.25, 0.3) is 0 Å². The van der Waals surface area contributed by atoms with Gasteiger partial charge in [0.2, 0.25) is 0 Å². The van der Waals surface area contributed by atoms with Gasteiger partial charge >= 0.3 is 0 Å². The summed E-state index contributed by atoms with van der Waals surface area (Å²) in [6, 6.07) is 10.8. The summed E-state index contributed by atoms with van der Waals surface area (Å²) in [6.45, 7) is 1.92. The van der Waals surface area contributed by atoms with Crippen molar-refractivity contribution in [3.8, 4) is 5.75 Å². The molecule has 2 aromatic carbocycles. The van der Waals surface area contributed by atoms with E-state index < -0.39 is 11.6 Å². The number of methoxy groups -OCH3 is 1. The van der Waals surface area contributed by atoms with Crippen molar-refractivity contribution in [2.45, 2.75) is 13.0 Å². The predicted octanol–water partition coefficient (Wildman–Crippen LogP) is 4.15. The fourth-order valence-electron chi connectivity index (χ4n) is 1.86. The van der Waals surface area contributed by atoms with E-state index in [0.29, 0.717) is 5.69 Å². The second-order valence-corrected chi connectivity index (χ2v) is 4.30. The minimum Gasteiger partial charge on any atom is -0.497 e. The van der Waals surface area contributed by atoms with Crippen LogP contribution in [0.4, 0.5) is 14.5 Å². The molecule has 0 aliphatic carbocycles. The minimum atomic E-state index is -0.593. The SMILES string of the molecule is COc1ccc(C(C)Nc2cc(F)cc(F)c2)cc1. The lowest BCUT2D eigenvalue weighted by atomic mass is 10.1. The third-order valence-corrected chi connectivity index (χ3v) is 2.86. The molecule has 0 bridgehead atoms. The molecular formula is C15H15F2NO. The van der Waals surface area contributed by atoms with Gasteiger partial charge in [-0.05, 0) is 36.8 Å². The van der Waals surface area contributed by atoms with Crippen molar-refractivity contribution < 1.29 is 13.5 Å². The average Bonchev–Trinajstić information content (AvgIpc) is 2.37. The van der Waals surface area contributed by atoms with E-state index in [0.717, 1.165) is 17.4 Å². The summed E-state index contributed by atoms with van der Waals surface area (Å²) < 4.78 is 31.2. The Morgan fingerprint density at radius 1 is 1.00 bits per heavy atom. The third kappa shape index (κ3) is 3.44. The molecule has 2 rings (SSSR count). The van der Waals surface area contributed by atoms with E-state index in [2.05, 4.69) is 5.32 Å². The molecule has 0 aromatic heterocycles. The lowest BCUT2D eigenvalue weighted by molar-refractivity contribution is 0.414. The zero-order valence-electron chi connectivity index (χ0n) is 10.8. The summed E-state index contributed by atoms with van der Waals surface area (Å²) >= 11 is 0. The summed E-state index contributed by atoms with van der Waals surface area (Å²) in [4.78, 5) is 0. The first-order valence-electron chi connectivity index (χ1n) is 5.95. The van der Waals surface area contributed by atoms with Crippen LogP contribution in [0.2, 0.25) is 0 Å². The first-order valence-corrected chi connectivity index (χ1v) is 5.95. The number of nitrogens with one attached hydrogen (secondary N) is 1. The van der Waals surface area contributed by atoms with Crippen molar-refractivity contribution in [3.63, 3.8) is 0 Å². The van der Waals surface area contributed by atoms with E-state index in [4.69, 9.17) is 4.74 Å². The minimum absolute atomic E-state index is 0.0629. The molecule has 100 valence electrons. The second kappa shape index (κ2) is 5.69. The quantitative estimate of drug-likeness (QED) is 0.894. The van der Waals surface area contributed by atoms with Gasteiger partial charge in [-0.3, -0.25) is 0 Å². The van der Waals surface area contributed by atoms with Gasteiger partial charge in [-0.2, -0.15) is 0 Å². The van der Waals surface area contributed by atoms with Crippen molar-refractivity contribution in [3.05, 3.63) is 59.7 Å². The highest BCUT2D eigenvalue weighted by Crippen LogP contribution is 2.22. The highest BCUT2D eigenvalue weighted by molar-refractivity contribution is 5.46. The summed E-state index contributed by atoms with van der Waals surface area (Å²) in [5, 5.41) is 3.06. The maximum absolute atomic E-state index is 13.1. The molecule has 0 saturated carbocycles. The van der Waals surface area contributed by atoms with Crippen LogP contribution in [0.5, 0.6) is 5.75 Å². The Morgan fingerprint density at radius 2 is 1.58 bits per heavy atom. The lowest BCUT2D eigenvalue weighted by Gasteiger charge is -2.16. The molecular weight excluding hydrogens is 248 g/mol. The molecule has 1 unspecified atom stereocenters. The van der Waals surface area contributed by atoms with E-state index in [1.165, 1.54) is 12.1 Å². The molecule has 0 aliphatic rings. The van der Waals surface area contributed by atoms with Crippen molar-refractivity contribution in [2.75, 3.05) is 12.4 Å². The van der Waals surface area contributed by atoms with Crippen LogP contribution in [-0.2, 0) is 0 Å². The zero-order chi connectivity index (χ0) is 13.8. The molecule has 0 spiro atoms. The van der Waals surface area contributed by atoms with Gasteiger partial charge in [-0.25, -0.2) is 8.78 Å². The van der Waals surface area contributed by atoms with Crippen LogP contribution in [0, 0.1) is 11.6 Å². The molecule has 0 heterocycles. The van der Waals surface area contributed by atoms with Gasteiger partial charge in [0.05, 0.1) is 7.11 Å². The first kappa shape index (κ1) is 13.3. The Labute approximate surface area is 111 Å². The lowest BCUT2D eigenvalue weighted by Crippen LogP contribution is -2.07. The van der Waals surface area contributed by atoms with Crippen molar-refractivity contribution in [1.29, 1.82) is 0 Å². The van der Waals surface area contributed by atoms with Crippen LogP contribution >= 0.6 is 0 Å². The average molecular weight is 263 g/mol. The highest BCUT2D eigenvalue weighted by Gasteiger charge is 2.07. The number of rotatable bonds is 4. The van der Waals surface area contributed by atoms with Crippen LogP contribution < -0.4 is 10.1 Å². The van der Waals surface area contributed by atoms with E-state index in [-0.39, 0.29) is 6.04 Å². The molecule has 0 radical (unpaired) electrons. The normalized spacial score (nSPS) is 12.0. The van der Waals surface area contributed by atoms with Crippen LogP contribution in [0.15, 0.2) is 42.5 Å². The topological polar surface area (TPSA) is 21.3 Å². The second-order valence-electron chi connectivity index (χ2n) is 4.30. The van der Waals surface area contributed by atoms with Crippen LogP contribution in [0.3, 0.4) is 0 Å². The van der Waals surface area contributed by atoms with Crippen molar-refractivity contribution in [1.82, 2.24) is 0 Å². The molecule has 2 aromatic rings. The standard InChI is InChI=1S/C15H15F2NO/c1-10(11-3-5-15(19-2)6-4-11)18-14-8-12(16)7-13(17)9-14/h3-10,18H,1-2H3. The van der Waals surface area contributed by atoms with Gasteiger partial charge in [0, 0.05) is 17.8 Å². The van der Waals surface area contributed by atoms with Gasteiger partial charge in [0.1, 0.15) is 17.4 Å². The van der Waals surface area contributed by atoms with E-state index in [9.17, 15) is 8.78 Å². The van der Waals surface area contributed by atoms with Gasteiger partial charge in [-0.15, -0.1) is 0 Å². The number of halogens is 2. The van der Waals surface area contributed by atoms with Crippen LogP contribution in [0.1, 0.15) is 18.5 Å². The Hall–Kier alpha value is -2.10. The van der Waals surface area contributed by atoms with Crippen LogP contribution in [-0.4, -0.2) is 7.11 Å². The smallest absolute Gasteiger partial charge is 0.128 e. The van der Waals surface area contributed by atoms with Crippen molar-refractivity contribution >= 4 is 5.69 Å². The van der Waals surface area contributed by atoms with Crippen molar-refractivity contribution in [2.24, 2.45) is 0 Å². The van der Waals surface area contributed by atoms with Gasteiger partial charge in [-0.1, -0.05) is 12.1 Å². The fourth-order valence-corrected chi connectivity index (χ4v) is 1.86. The molecule has 0 amide bonds. The molecule has 0 aliphatic heterocycles. The zero-order valence-corrected chi connectivity index (χ0v) is 10.8. The first-order chi connectivity index (χ1) is 9.08. The number of hydrogen-bond acceptors (Lipinski definition) is 2. The predicted molar refractivity (Wildman–Crippen MR) is 71.4 cm³/mol. The Kier molecular flexibility index (Phi) is 4.00. The van der Waals surface area contributed by atoms with Gasteiger partial charge < -0.3 is 10.1 Å². The maximum Gasteiger partial charge on any atom is 0.128 e. The molecule has 0 saturated heterocycles. The third-order valence-electron chi connectivity index (χ3n) is 2.86. The van der Waals surface area contributed by atoms with E-state index >= 15 is 0 Å². The molecule has 1 N–H and O–H groups in total. The molecule has 2 nitrogen and oxygen atoms in total. The Balaban J connectivity index is 2.13. The molecule has 4 heteroatoms. The number of benzene rings is 2. The number of anilines is 1. The Bertz CT molecular complexity index is 534. The monoisotopic (exact) mass is 263 g/mol.